The third kappa shape index (κ3) is 3.15. The molecule has 0 N–H and O–H groups in total. The van der Waals surface area contributed by atoms with E-state index in [9.17, 15) is 0 Å². The summed E-state index contributed by atoms with van der Waals surface area (Å²) in [4.78, 5) is 6.86. The van der Waals surface area contributed by atoms with Crippen LogP contribution in [0.25, 0.3) is 0 Å². The maximum atomic E-state index is 6.07. The molecule has 1 aliphatic rings. The van der Waals surface area contributed by atoms with Crippen LogP contribution in [0, 0.1) is 0 Å². The van der Waals surface area contributed by atoms with Gasteiger partial charge in [0.2, 0.25) is 0 Å². The number of nitrogens with zero attached hydrogens (tertiary/aromatic N) is 2. The van der Waals surface area contributed by atoms with Gasteiger partial charge in [-0.2, -0.15) is 0 Å². The minimum Gasteiger partial charge on any atom is -0.366 e. The SMILES string of the molecule is CC1(C)CN(c2cccc(CCl)n2)CC(C)(C)O1. The van der Waals surface area contributed by atoms with E-state index in [-0.39, 0.29) is 11.2 Å². The molecule has 0 unspecified atom stereocenters. The maximum Gasteiger partial charge on any atom is 0.129 e. The standard InChI is InChI=1S/C14H21ClN2O/c1-13(2)9-17(10-14(3,4)18-13)12-7-5-6-11(8-15)16-12/h5-7H,8-10H2,1-4H3. The molecule has 0 aromatic carbocycles. The lowest BCUT2D eigenvalue weighted by Gasteiger charge is -2.47. The molecular formula is C14H21ClN2O. The fourth-order valence-corrected chi connectivity index (χ4v) is 2.82. The van der Waals surface area contributed by atoms with Gasteiger partial charge in [0.05, 0.1) is 22.8 Å². The van der Waals surface area contributed by atoms with E-state index in [1.54, 1.807) is 0 Å². The smallest absolute Gasteiger partial charge is 0.129 e. The Bertz CT molecular complexity index is 416. The molecule has 18 heavy (non-hydrogen) atoms. The van der Waals surface area contributed by atoms with Crippen molar-refractivity contribution < 1.29 is 4.74 Å². The molecule has 3 nitrogen and oxygen atoms in total. The Balaban J connectivity index is 2.26. The first-order chi connectivity index (χ1) is 8.31. The van der Waals surface area contributed by atoms with Crippen LogP contribution in [-0.4, -0.2) is 29.3 Å². The molecule has 1 fully saturated rings. The summed E-state index contributed by atoms with van der Waals surface area (Å²) in [5.41, 5.74) is 0.581. The van der Waals surface area contributed by atoms with Gasteiger partial charge in [-0.1, -0.05) is 6.07 Å². The van der Waals surface area contributed by atoms with E-state index in [1.165, 1.54) is 0 Å². The highest BCUT2D eigenvalue weighted by Crippen LogP contribution is 2.30. The van der Waals surface area contributed by atoms with Gasteiger partial charge in [0, 0.05) is 13.1 Å². The number of alkyl halides is 1. The van der Waals surface area contributed by atoms with Gasteiger partial charge in [0.25, 0.3) is 0 Å². The molecule has 100 valence electrons. The fourth-order valence-electron chi connectivity index (χ4n) is 2.67. The maximum absolute atomic E-state index is 6.07. The minimum atomic E-state index is -0.166. The van der Waals surface area contributed by atoms with Crippen molar-refractivity contribution >= 4 is 17.4 Å². The Morgan fingerprint density at radius 3 is 2.39 bits per heavy atom. The average Bonchev–Trinajstić information content (AvgIpc) is 2.25. The Labute approximate surface area is 114 Å². The van der Waals surface area contributed by atoms with Crippen LogP contribution in [0.1, 0.15) is 33.4 Å². The molecule has 1 aromatic rings. The fraction of sp³-hybridized carbons (Fsp3) is 0.643. The van der Waals surface area contributed by atoms with E-state index in [4.69, 9.17) is 16.3 Å². The molecule has 2 rings (SSSR count). The zero-order valence-corrected chi connectivity index (χ0v) is 12.3. The van der Waals surface area contributed by atoms with Gasteiger partial charge in [-0.25, -0.2) is 4.98 Å². The van der Waals surface area contributed by atoms with Gasteiger partial charge in [-0.15, -0.1) is 11.6 Å². The third-order valence-electron chi connectivity index (χ3n) is 2.95. The molecule has 1 saturated heterocycles. The summed E-state index contributed by atoms with van der Waals surface area (Å²) >= 11 is 5.84. The summed E-state index contributed by atoms with van der Waals surface area (Å²) in [5, 5.41) is 0. The first-order valence-electron chi connectivity index (χ1n) is 6.28. The molecule has 0 spiro atoms. The normalized spacial score (nSPS) is 21.9. The quantitative estimate of drug-likeness (QED) is 0.770. The van der Waals surface area contributed by atoms with E-state index in [2.05, 4.69) is 37.6 Å². The number of pyridine rings is 1. The van der Waals surface area contributed by atoms with Crippen molar-refractivity contribution in [3.05, 3.63) is 23.9 Å². The van der Waals surface area contributed by atoms with Gasteiger partial charge < -0.3 is 9.64 Å². The summed E-state index contributed by atoms with van der Waals surface area (Å²) < 4.78 is 6.07. The molecule has 4 heteroatoms. The van der Waals surface area contributed by atoms with E-state index in [1.807, 2.05) is 18.2 Å². The topological polar surface area (TPSA) is 25.4 Å². The molecule has 0 amide bonds. The average molecular weight is 269 g/mol. The molecule has 0 aliphatic carbocycles. The summed E-state index contributed by atoms with van der Waals surface area (Å²) in [5.74, 6) is 1.43. The molecule has 0 atom stereocenters. The zero-order chi connectivity index (χ0) is 13.4. The van der Waals surface area contributed by atoms with Crippen LogP contribution in [0.4, 0.5) is 5.82 Å². The molecule has 1 aromatic heterocycles. The van der Waals surface area contributed by atoms with Crippen molar-refractivity contribution in [1.29, 1.82) is 0 Å². The van der Waals surface area contributed by atoms with E-state index < -0.39 is 0 Å². The van der Waals surface area contributed by atoms with Gasteiger partial charge >= 0.3 is 0 Å². The van der Waals surface area contributed by atoms with Crippen LogP contribution >= 0.6 is 11.6 Å². The molecular weight excluding hydrogens is 248 g/mol. The van der Waals surface area contributed by atoms with Crippen molar-refractivity contribution in [3.8, 4) is 0 Å². The number of morpholine rings is 1. The van der Waals surface area contributed by atoms with E-state index in [0.717, 1.165) is 24.6 Å². The van der Waals surface area contributed by atoms with E-state index >= 15 is 0 Å². The lowest BCUT2D eigenvalue weighted by atomic mass is 9.99. The number of aromatic nitrogens is 1. The van der Waals surface area contributed by atoms with Crippen LogP contribution in [0.5, 0.6) is 0 Å². The van der Waals surface area contributed by atoms with Crippen LogP contribution in [0.2, 0.25) is 0 Å². The lowest BCUT2D eigenvalue weighted by Crippen LogP contribution is -2.57. The Morgan fingerprint density at radius 1 is 1.22 bits per heavy atom. The summed E-state index contributed by atoms with van der Waals surface area (Å²) in [7, 11) is 0. The second-order valence-electron chi connectivity index (χ2n) is 6.10. The predicted octanol–water partition coefficient (Wildman–Crippen LogP) is 3.21. The van der Waals surface area contributed by atoms with Gasteiger partial charge in [-0.05, 0) is 39.8 Å². The van der Waals surface area contributed by atoms with Crippen molar-refractivity contribution in [2.24, 2.45) is 0 Å². The Kier molecular flexibility index (Phi) is 3.56. The lowest BCUT2D eigenvalue weighted by molar-refractivity contribution is -0.133. The highest BCUT2D eigenvalue weighted by molar-refractivity contribution is 6.16. The molecule has 0 saturated carbocycles. The number of hydrogen-bond donors (Lipinski definition) is 0. The summed E-state index contributed by atoms with van der Waals surface area (Å²) in [6, 6.07) is 6.00. The van der Waals surface area contributed by atoms with E-state index in [0.29, 0.717) is 5.88 Å². The summed E-state index contributed by atoms with van der Waals surface area (Å²) in [6.45, 7) is 10.2. The third-order valence-corrected chi connectivity index (χ3v) is 3.22. The molecule has 0 bridgehead atoms. The number of hydrogen-bond acceptors (Lipinski definition) is 3. The highest BCUT2D eigenvalue weighted by Gasteiger charge is 2.38. The second kappa shape index (κ2) is 4.71. The number of ether oxygens (including phenoxy) is 1. The molecule has 1 aliphatic heterocycles. The monoisotopic (exact) mass is 268 g/mol. The van der Waals surface area contributed by atoms with Crippen LogP contribution in [-0.2, 0) is 10.6 Å². The van der Waals surface area contributed by atoms with Crippen LogP contribution < -0.4 is 4.90 Å². The first kappa shape index (κ1) is 13.6. The van der Waals surface area contributed by atoms with Crippen LogP contribution in [0.3, 0.4) is 0 Å². The van der Waals surface area contributed by atoms with Crippen molar-refractivity contribution in [3.63, 3.8) is 0 Å². The van der Waals surface area contributed by atoms with Gasteiger partial charge in [0.15, 0.2) is 0 Å². The number of halogens is 1. The van der Waals surface area contributed by atoms with Crippen LogP contribution in [0.15, 0.2) is 18.2 Å². The van der Waals surface area contributed by atoms with Crippen molar-refractivity contribution in [1.82, 2.24) is 4.98 Å². The Hall–Kier alpha value is -0.800. The Morgan fingerprint density at radius 2 is 1.83 bits per heavy atom. The zero-order valence-electron chi connectivity index (χ0n) is 11.5. The van der Waals surface area contributed by atoms with Crippen molar-refractivity contribution in [2.45, 2.75) is 44.8 Å². The number of rotatable bonds is 2. The molecule has 0 radical (unpaired) electrons. The summed E-state index contributed by atoms with van der Waals surface area (Å²) in [6.07, 6.45) is 0. The minimum absolute atomic E-state index is 0.166. The molecule has 2 heterocycles. The second-order valence-corrected chi connectivity index (χ2v) is 6.37. The largest absolute Gasteiger partial charge is 0.366 e. The first-order valence-corrected chi connectivity index (χ1v) is 6.82. The van der Waals surface area contributed by atoms with Gasteiger partial charge in [0.1, 0.15) is 5.82 Å². The van der Waals surface area contributed by atoms with Gasteiger partial charge in [-0.3, -0.25) is 0 Å². The highest BCUT2D eigenvalue weighted by atomic mass is 35.5. The predicted molar refractivity (Wildman–Crippen MR) is 75.3 cm³/mol. The number of anilines is 1. The van der Waals surface area contributed by atoms with Crippen molar-refractivity contribution in [2.75, 3.05) is 18.0 Å².